The first-order chi connectivity index (χ1) is 19.4. The van der Waals surface area contributed by atoms with Crippen LogP contribution in [0.4, 0.5) is 13.2 Å². The minimum atomic E-state index is -4.88. The Labute approximate surface area is 239 Å². The van der Waals surface area contributed by atoms with Gasteiger partial charge in [-0.3, -0.25) is 24.2 Å². The number of aliphatic hydroxyl groups excluding tert-OH is 2. The summed E-state index contributed by atoms with van der Waals surface area (Å²) in [5, 5.41) is 45.0. The lowest BCUT2D eigenvalue weighted by Gasteiger charge is -2.50. The van der Waals surface area contributed by atoms with E-state index in [4.69, 9.17) is 5.73 Å². The molecule has 1 saturated heterocycles. The zero-order valence-corrected chi connectivity index (χ0v) is 23.6. The molecule has 0 aromatic heterocycles. The van der Waals surface area contributed by atoms with Crippen molar-refractivity contribution in [2.75, 3.05) is 20.6 Å². The molecule has 13 heteroatoms. The van der Waals surface area contributed by atoms with Crippen LogP contribution in [0.15, 0.2) is 23.0 Å². The predicted octanol–water partition coefficient (Wildman–Crippen LogP) is 2.53. The van der Waals surface area contributed by atoms with E-state index in [1.54, 1.807) is 0 Å². The van der Waals surface area contributed by atoms with E-state index >= 15 is 0 Å². The number of rotatable bonds is 4. The monoisotopic (exact) mass is 593 g/mol. The first kappa shape index (κ1) is 30.1. The van der Waals surface area contributed by atoms with Crippen LogP contribution >= 0.6 is 0 Å². The van der Waals surface area contributed by atoms with Crippen LogP contribution in [0, 0.1) is 11.8 Å². The number of likely N-dealkylation sites (N-methyl/N-ethyl adjacent to an activating group) is 1. The number of amides is 1. The molecule has 1 saturated carbocycles. The molecule has 1 aromatic rings. The van der Waals surface area contributed by atoms with E-state index in [1.807, 2.05) is 18.7 Å². The van der Waals surface area contributed by atoms with Gasteiger partial charge in [-0.05, 0) is 83.3 Å². The second-order valence-electron chi connectivity index (χ2n) is 12.2. The number of carbonyl (C=O) groups is 3. The molecule has 228 valence electrons. The number of phenols is 1. The van der Waals surface area contributed by atoms with Crippen molar-refractivity contribution in [2.45, 2.75) is 69.4 Å². The average molecular weight is 594 g/mol. The second-order valence-corrected chi connectivity index (χ2v) is 12.2. The fraction of sp³-hybridized carbons (Fsp3) is 0.552. The standard InChI is InChI=1S/C29H34F3N3O7/c1-11(2)35-7-5-6-16(35)13-10-17(36)19-14(21(13)29(30,31)32)8-12-9-15-22(34(3)4)24(38)20(27(33)41)26(40)28(15,42)25(39)18(12)23(19)37/h10-12,15-16,22,36-37,40,42H,5-9H2,1-4H3,(H2,33,41)/t12-,15-,16-,22-,28-/m0/s1. The highest BCUT2D eigenvalue weighted by Gasteiger charge is 2.64. The molecule has 0 radical (unpaired) electrons. The second kappa shape index (κ2) is 9.81. The van der Waals surface area contributed by atoms with E-state index in [9.17, 15) is 48.0 Å². The SMILES string of the molecule is CC(C)N1CCC[C@H]1c1cc(O)c2c(c1C(F)(F)F)C[C@H]1C[C@H]3[C@H](N(C)C)C(=O)C(C(N)=O)=C(O)[C@@]3(O)C(=O)C1=C2O. The van der Waals surface area contributed by atoms with E-state index in [0.29, 0.717) is 19.4 Å². The molecule has 5 atom stereocenters. The van der Waals surface area contributed by atoms with Gasteiger partial charge in [0.15, 0.2) is 11.4 Å². The van der Waals surface area contributed by atoms with Gasteiger partial charge in [0.25, 0.3) is 5.91 Å². The number of alkyl halides is 3. The van der Waals surface area contributed by atoms with Gasteiger partial charge in [-0.2, -0.15) is 13.2 Å². The molecule has 5 rings (SSSR count). The number of ketones is 2. The van der Waals surface area contributed by atoms with Gasteiger partial charge in [-0.25, -0.2) is 0 Å². The minimum absolute atomic E-state index is 0.0665. The highest BCUT2D eigenvalue weighted by atomic mass is 19.4. The van der Waals surface area contributed by atoms with Crippen molar-refractivity contribution in [1.29, 1.82) is 0 Å². The zero-order chi connectivity index (χ0) is 31.2. The number of nitrogens with two attached hydrogens (primary N) is 1. The van der Waals surface area contributed by atoms with Crippen molar-refractivity contribution in [3.63, 3.8) is 0 Å². The molecule has 0 unspecified atom stereocenters. The molecular weight excluding hydrogens is 559 g/mol. The van der Waals surface area contributed by atoms with Crippen molar-refractivity contribution in [2.24, 2.45) is 17.6 Å². The lowest BCUT2D eigenvalue weighted by atomic mass is 9.57. The largest absolute Gasteiger partial charge is 0.508 e. The topological polar surface area (TPSA) is 165 Å². The number of likely N-dealkylation sites (tertiary alicyclic amines) is 1. The Morgan fingerprint density at radius 2 is 1.83 bits per heavy atom. The molecule has 1 aliphatic heterocycles. The quantitative estimate of drug-likeness (QED) is 0.330. The lowest BCUT2D eigenvalue weighted by Crippen LogP contribution is -2.65. The minimum Gasteiger partial charge on any atom is -0.508 e. The van der Waals surface area contributed by atoms with E-state index in [2.05, 4.69) is 0 Å². The molecule has 6 N–H and O–H groups in total. The van der Waals surface area contributed by atoms with Gasteiger partial charge in [0.2, 0.25) is 5.78 Å². The number of halogens is 3. The summed E-state index contributed by atoms with van der Waals surface area (Å²) in [6, 6.07) is -1.05. The highest BCUT2D eigenvalue weighted by molar-refractivity contribution is 6.24. The maximum atomic E-state index is 14.9. The Balaban J connectivity index is 1.76. The Bertz CT molecular complexity index is 1460. The number of carbonyl (C=O) groups excluding carboxylic acids is 3. The third-order valence-electron chi connectivity index (χ3n) is 9.35. The molecule has 1 aromatic carbocycles. The number of phenolic OH excluding ortho intramolecular Hbond substituents is 1. The molecule has 0 bridgehead atoms. The first-order valence-corrected chi connectivity index (χ1v) is 13.8. The van der Waals surface area contributed by atoms with Gasteiger partial charge in [0, 0.05) is 23.6 Å². The van der Waals surface area contributed by atoms with Crippen LogP contribution in [0.2, 0.25) is 0 Å². The normalized spacial score (nSPS) is 30.2. The van der Waals surface area contributed by atoms with Crippen LogP contribution in [-0.4, -0.2) is 86.0 Å². The van der Waals surface area contributed by atoms with Crippen molar-refractivity contribution < 1.29 is 48.0 Å². The van der Waals surface area contributed by atoms with Crippen LogP contribution in [0.3, 0.4) is 0 Å². The summed E-state index contributed by atoms with van der Waals surface area (Å²) in [6.07, 6.45) is -4.51. The summed E-state index contributed by atoms with van der Waals surface area (Å²) in [6.45, 7) is 4.33. The van der Waals surface area contributed by atoms with Crippen LogP contribution in [0.5, 0.6) is 5.75 Å². The van der Waals surface area contributed by atoms with Gasteiger partial charge in [0.05, 0.1) is 17.2 Å². The number of benzene rings is 1. The Morgan fingerprint density at radius 1 is 1.19 bits per heavy atom. The molecule has 1 heterocycles. The van der Waals surface area contributed by atoms with Crippen LogP contribution in [-0.2, 0) is 27.0 Å². The Hall–Kier alpha value is -3.42. The molecule has 10 nitrogen and oxygen atoms in total. The summed E-state index contributed by atoms with van der Waals surface area (Å²) in [5.41, 5.74) is -1.08. The number of aliphatic hydroxyl groups is 3. The zero-order valence-electron chi connectivity index (χ0n) is 23.6. The van der Waals surface area contributed by atoms with Gasteiger partial charge in [-0.15, -0.1) is 0 Å². The molecule has 3 aliphatic carbocycles. The Morgan fingerprint density at radius 3 is 2.38 bits per heavy atom. The number of primary amides is 1. The summed E-state index contributed by atoms with van der Waals surface area (Å²) in [5.74, 6) is -8.94. The molecule has 4 aliphatic rings. The summed E-state index contributed by atoms with van der Waals surface area (Å²) in [7, 11) is 2.89. The molecule has 1 amide bonds. The number of fused-ring (bicyclic) bond motifs is 3. The first-order valence-electron chi connectivity index (χ1n) is 13.8. The number of Topliss-reactive ketones (excluding diaryl/α,β-unsaturated/α-hetero) is 2. The fourth-order valence-corrected chi connectivity index (χ4v) is 7.68. The van der Waals surface area contributed by atoms with Crippen molar-refractivity contribution in [1.82, 2.24) is 9.80 Å². The summed E-state index contributed by atoms with van der Waals surface area (Å²) in [4.78, 5) is 42.5. The van der Waals surface area contributed by atoms with Crippen LogP contribution < -0.4 is 5.73 Å². The van der Waals surface area contributed by atoms with E-state index < -0.39 is 99.1 Å². The lowest BCUT2D eigenvalue weighted by molar-refractivity contribution is -0.153. The predicted molar refractivity (Wildman–Crippen MR) is 143 cm³/mol. The molecule has 0 spiro atoms. The van der Waals surface area contributed by atoms with E-state index in [0.717, 1.165) is 6.07 Å². The maximum absolute atomic E-state index is 14.9. The smallest absolute Gasteiger partial charge is 0.417 e. The number of aromatic hydroxyl groups is 1. The number of hydrogen-bond donors (Lipinski definition) is 5. The van der Waals surface area contributed by atoms with Crippen LogP contribution in [0.25, 0.3) is 5.76 Å². The molecule has 2 fully saturated rings. The van der Waals surface area contributed by atoms with Crippen molar-refractivity contribution in [3.8, 4) is 5.75 Å². The maximum Gasteiger partial charge on any atom is 0.417 e. The number of hydrogen-bond acceptors (Lipinski definition) is 9. The van der Waals surface area contributed by atoms with Gasteiger partial charge < -0.3 is 26.2 Å². The van der Waals surface area contributed by atoms with E-state index in [1.165, 1.54) is 19.0 Å². The summed E-state index contributed by atoms with van der Waals surface area (Å²) >= 11 is 0. The highest BCUT2D eigenvalue weighted by Crippen LogP contribution is 2.55. The van der Waals surface area contributed by atoms with Gasteiger partial charge >= 0.3 is 6.18 Å². The van der Waals surface area contributed by atoms with Gasteiger partial charge in [0.1, 0.15) is 22.8 Å². The third-order valence-corrected chi connectivity index (χ3v) is 9.35. The molecule has 42 heavy (non-hydrogen) atoms. The Kier molecular flexibility index (Phi) is 7.02. The van der Waals surface area contributed by atoms with Gasteiger partial charge in [-0.1, -0.05) is 0 Å². The average Bonchev–Trinajstić information content (AvgIpc) is 3.35. The van der Waals surface area contributed by atoms with E-state index in [-0.39, 0.29) is 23.6 Å². The summed E-state index contributed by atoms with van der Waals surface area (Å²) < 4.78 is 44.6. The number of nitrogens with zero attached hydrogens (tertiary/aromatic N) is 2. The van der Waals surface area contributed by atoms with Crippen molar-refractivity contribution >= 4 is 23.2 Å². The van der Waals surface area contributed by atoms with Crippen LogP contribution in [0.1, 0.15) is 61.4 Å². The van der Waals surface area contributed by atoms with Crippen molar-refractivity contribution in [3.05, 3.63) is 45.2 Å². The fourth-order valence-electron chi connectivity index (χ4n) is 7.68. The molecular formula is C29H34F3N3O7. The third kappa shape index (κ3) is 4.08.